The maximum absolute atomic E-state index is 13.0. The van der Waals surface area contributed by atoms with Crippen LogP contribution < -0.4 is 5.32 Å². The molecule has 0 bridgehead atoms. The standard InChI is InChI=1S/C22H19FN6O4/c1-14-13-19(28(26-14)17-9-11-18(12-10-17)29(31)32)24-20(30)3-2-4-21-25-22(27-33-21)15-5-7-16(23)8-6-15/h5-13H,2-4H2,1H3,(H,24,30). The van der Waals surface area contributed by atoms with Crippen LogP contribution in [0.4, 0.5) is 15.9 Å². The van der Waals surface area contributed by atoms with Crippen molar-refractivity contribution in [3.8, 4) is 17.1 Å². The molecule has 11 heteroatoms. The molecule has 0 fully saturated rings. The SMILES string of the molecule is Cc1cc(NC(=O)CCCc2nc(-c3ccc(F)cc3)no2)n(-c2ccc([N+](=O)[O-])cc2)n1. The van der Waals surface area contributed by atoms with Gasteiger partial charge in [-0.05, 0) is 49.7 Å². The number of non-ortho nitro benzene ring substituents is 1. The van der Waals surface area contributed by atoms with Crippen LogP contribution in [-0.2, 0) is 11.2 Å². The van der Waals surface area contributed by atoms with Gasteiger partial charge in [-0.15, -0.1) is 0 Å². The lowest BCUT2D eigenvalue weighted by molar-refractivity contribution is -0.384. The van der Waals surface area contributed by atoms with E-state index in [0.717, 1.165) is 0 Å². The minimum Gasteiger partial charge on any atom is -0.339 e. The van der Waals surface area contributed by atoms with Gasteiger partial charge in [-0.3, -0.25) is 14.9 Å². The summed E-state index contributed by atoms with van der Waals surface area (Å²) in [4.78, 5) is 27.1. The van der Waals surface area contributed by atoms with E-state index in [4.69, 9.17) is 4.52 Å². The number of nitro groups is 1. The number of aromatic nitrogens is 4. The normalized spacial score (nSPS) is 10.8. The third kappa shape index (κ3) is 5.26. The highest BCUT2D eigenvalue weighted by molar-refractivity contribution is 5.90. The lowest BCUT2D eigenvalue weighted by atomic mass is 10.2. The van der Waals surface area contributed by atoms with Crippen molar-refractivity contribution in [2.45, 2.75) is 26.2 Å². The highest BCUT2D eigenvalue weighted by Crippen LogP contribution is 2.21. The number of nitro benzene ring substituents is 1. The Bertz CT molecular complexity index is 1280. The molecule has 33 heavy (non-hydrogen) atoms. The maximum Gasteiger partial charge on any atom is 0.269 e. The molecule has 2 heterocycles. The molecular weight excluding hydrogens is 431 g/mol. The zero-order valence-corrected chi connectivity index (χ0v) is 17.6. The number of nitrogens with zero attached hydrogens (tertiary/aromatic N) is 5. The molecule has 1 amide bonds. The van der Waals surface area contributed by atoms with Crippen molar-refractivity contribution in [1.82, 2.24) is 19.9 Å². The summed E-state index contributed by atoms with van der Waals surface area (Å²) in [5.41, 5.74) is 1.88. The first kappa shape index (κ1) is 21.8. The second kappa shape index (κ2) is 9.39. The summed E-state index contributed by atoms with van der Waals surface area (Å²) in [6, 6.07) is 13.4. The van der Waals surface area contributed by atoms with Gasteiger partial charge in [-0.2, -0.15) is 10.1 Å². The van der Waals surface area contributed by atoms with E-state index in [2.05, 4.69) is 20.6 Å². The van der Waals surface area contributed by atoms with Crippen molar-refractivity contribution in [2.75, 3.05) is 5.32 Å². The molecule has 4 rings (SSSR count). The Kier molecular flexibility index (Phi) is 6.20. The van der Waals surface area contributed by atoms with Crippen LogP contribution in [0.25, 0.3) is 17.1 Å². The summed E-state index contributed by atoms with van der Waals surface area (Å²) in [6.07, 6.45) is 1.09. The predicted octanol–water partition coefficient (Wildman–Crippen LogP) is 4.24. The van der Waals surface area contributed by atoms with Gasteiger partial charge in [0.2, 0.25) is 17.6 Å². The van der Waals surface area contributed by atoms with E-state index in [0.29, 0.717) is 47.3 Å². The third-order valence-electron chi connectivity index (χ3n) is 4.77. The molecule has 1 N–H and O–H groups in total. The van der Waals surface area contributed by atoms with E-state index in [1.807, 2.05) is 0 Å². The first-order valence-electron chi connectivity index (χ1n) is 10.1. The molecule has 2 aromatic heterocycles. The van der Waals surface area contributed by atoms with Crippen molar-refractivity contribution in [2.24, 2.45) is 0 Å². The molecule has 0 unspecified atom stereocenters. The molecule has 0 radical (unpaired) electrons. The van der Waals surface area contributed by atoms with Crippen LogP contribution in [0.2, 0.25) is 0 Å². The number of rotatable bonds is 8. The average molecular weight is 450 g/mol. The van der Waals surface area contributed by atoms with Crippen LogP contribution >= 0.6 is 0 Å². The van der Waals surface area contributed by atoms with Gasteiger partial charge in [0.15, 0.2) is 0 Å². The van der Waals surface area contributed by atoms with Crippen molar-refractivity contribution in [3.05, 3.63) is 82.1 Å². The molecule has 0 saturated heterocycles. The topological polar surface area (TPSA) is 129 Å². The van der Waals surface area contributed by atoms with E-state index < -0.39 is 4.92 Å². The van der Waals surface area contributed by atoms with Gasteiger partial charge in [0.1, 0.15) is 11.6 Å². The van der Waals surface area contributed by atoms with Gasteiger partial charge in [-0.25, -0.2) is 9.07 Å². The number of aryl methyl sites for hydroxylation is 2. The van der Waals surface area contributed by atoms with E-state index in [1.165, 1.54) is 28.9 Å². The summed E-state index contributed by atoms with van der Waals surface area (Å²) in [6.45, 7) is 1.78. The van der Waals surface area contributed by atoms with Crippen molar-refractivity contribution in [1.29, 1.82) is 0 Å². The minimum atomic E-state index is -0.479. The van der Waals surface area contributed by atoms with Crippen molar-refractivity contribution >= 4 is 17.4 Å². The molecule has 0 saturated carbocycles. The number of anilines is 1. The molecule has 2 aromatic carbocycles. The largest absolute Gasteiger partial charge is 0.339 e. The highest BCUT2D eigenvalue weighted by atomic mass is 19.1. The monoisotopic (exact) mass is 450 g/mol. The van der Waals surface area contributed by atoms with E-state index >= 15 is 0 Å². The van der Waals surface area contributed by atoms with Gasteiger partial charge in [0.05, 0.1) is 16.3 Å². The Labute approximate surface area is 187 Å². The number of amides is 1. The Morgan fingerprint density at radius 1 is 1.18 bits per heavy atom. The molecule has 4 aromatic rings. The first-order chi connectivity index (χ1) is 15.9. The fourth-order valence-electron chi connectivity index (χ4n) is 3.18. The van der Waals surface area contributed by atoms with Gasteiger partial charge in [0, 0.05) is 36.6 Å². The van der Waals surface area contributed by atoms with Crippen LogP contribution in [0.15, 0.2) is 59.1 Å². The summed E-state index contributed by atoms with van der Waals surface area (Å²) >= 11 is 0. The predicted molar refractivity (Wildman–Crippen MR) is 116 cm³/mol. The molecular formula is C22H19FN6O4. The summed E-state index contributed by atoms with van der Waals surface area (Å²) in [7, 11) is 0. The van der Waals surface area contributed by atoms with Gasteiger partial charge in [-0.1, -0.05) is 5.16 Å². The molecule has 0 aliphatic heterocycles. The fraction of sp³-hybridized carbons (Fsp3) is 0.182. The van der Waals surface area contributed by atoms with Gasteiger partial charge < -0.3 is 9.84 Å². The molecule has 0 aliphatic rings. The molecule has 0 spiro atoms. The summed E-state index contributed by atoms with van der Waals surface area (Å²) < 4.78 is 19.8. The Balaban J connectivity index is 1.34. The highest BCUT2D eigenvalue weighted by Gasteiger charge is 2.14. The lowest BCUT2D eigenvalue weighted by Crippen LogP contribution is -2.15. The van der Waals surface area contributed by atoms with E-state index in [9.17, 15) is 19.3 Å². The number of nitrogens with one attached hydrogen (secondary N) is 1. The molecule has 10 nitrogen and oxygen atoms in total. The Morgan fingerprint density at radius 3 is 2.61 bits per heavy atom. The zero-order valence-electron chi connectivity index (χ0n) is 17.6. The second-order valence-corrected chi connectivity index (χ2v) is 7.28. The third-order valence-corrected chi connectivity index (χ3v) is 4.77. The molecule has 0 atom stereocenters. The Morgan fingerprint density at radius 2 is 1.91 bits per heavy atom. The summed E-state index contributed by atoms with van der Waals surface area (Å²) in [5, 5.41) is 21.9. The fourth-order valence-corrected chi connectivity index (χ4v) is 3.18. The van der Waals surface area contributed by atoms with Crippen LogP contribution in [0.5, 0.6) is 0 Å². The molecule has 0 aliphatic carbocycles. The van der Waals surface area contributed by atoms with Gasteiger partial charge in [0.25, 0.3) is 5.69 Å². The van der Waals surface area contributed by atoms with Crippen molar-refractivity contribution in [3.63, 3.8) is 0 Å². The number of carbonyl (C=O) groups excluding carboxylic acids is 1. The maximum atomic E-state index is 13.0. The average Bonchev–Trinajstić information content (AvgIpc) is 3.41. The Hall–Kier alpha value is -4.41. The van der Waals surface area contributed by atoms with Crippen LogP contribution in [0, 0.1) is 22.9 Å². The number of halogens is 1. The van der Waals surface area contributed by atoms with Crippen LogP contribution in [0.1, 0.15) is 24.4 Å². The number of carbonyl (C=O) groups is 1. The zero-order chi connectivity index (χ0) is 23.4. The smallest absolute Gasteiger partial charge is 0.269 e. The van der Waals surface area contributed by atoms with E-state index in [1.54, 1.807) is 37.3 Å². The second-order valence-electron chi connectivity index (χ2n) is 7.28. The lowest BCUT2D eigenvalue weighted by Gasteiger charge is -2.08. The quantitative estimate of drug-likeness (QED) is 0.314. The summed E-state index contributed by atoms with van der Waals surface area (Å²) in [5.74, 6) is 0.628. The first-order valence-corrected chi connectivity index (χ1v) is 10.1. The number of hydrogen-bond acceptors (Lipinski definition) is 7. The van der Waals surface area contributed by atoms with Crippen LogP contribution in [-0.4, -0.2) is 30.8 Å². The number of hydrogen-bond donors (Lipinski definition) is 1. The number of benzene rings is 2. The van der Waals surface area contributed by atoms with Crippen molar-refractivity contribution < 1.29 is 18.6 Å². The minimum absolute atomic E-state index is 0.0307. The van der Waals surface area contributed by atoms with Crippen LogP contribution in [0.3, 0.4) is 0 Å². The van der Waals surface area contributed by atoms with E-state index in [-0.39, 0.29) is 23.8 Å². The van der Waals surface area contributed by atoms with Gasteiger partial charge >= 0.3 is 0 Å². The molecule has 168 valence electrons.